The lowest BCUT2D eigenvalue weighted by molar-refractivity contribution is 0.0692. The van der Waals surface area contributed by atoms with E-state index in [0.717, 1.165) is 16.6 Å². The smallest absolute Gasteiger partial charge is 0.339 e. The van der Waals surface area contributed by atoms with Gasteiger partial charge in [-0.05, 0) is 41.5 Å². The van der Waals surface area contributed by atoms with Gasteiger partial charge in [-0.2, -0.15) is 5.10 Å². The van der Waals surface area contributed by atoms with Gasteiger partial charge in [0.15, 0.2) is 11.5 Å². The molecule has 0 bridgehead atoms. The molecule has 6 heteroatoms. The van der Waals surface area contributed by atoms with Crippen LogP contribution in [0.1, 0.15) is 10.4 Å². The Bertz CT molecular complexity index is 869. The topological polar surface area (TPSA) is 73.1 Å². The fourth-order valence-electron chi connectivity index (χ4n) is 2.44. The van der Waals surface area contributed by atoms with Crippen molar-refractivity contribution < 1.29 is 19.4 Å². The summed E-state index contributed by atoms with van der Waals surface area (Å²) < 4.78 is 12.3. The Morgan fingerprint density at radius 2 is 2.10 bits per heavy atom. The zero-order chi connectivity index (χ0) is 14.4. The number of hydrogen-bond acceptors (Lipinski definition) is 4. The zero-order valence-electron chi connectivity index (χ0n) is 10.8. The molecule has 0 radical (unpaired) electrons. The van der Waals surface area contributed by atoms with Crippen LogP contribution in [0.15, 0.2) is 42.7 Å². The predicted octanol–water partition coefficient (Wildman–Crippen LogP) is 2.43. The van der Waals surface area contributed by atoms with Crippen LogP contribution < -0.4 is 9.47 Å². The molecule has 0 saturated heterocycles. The van der Waals surface area contributed by atoms with Crippen LogP contribution in [0, 0.1) is 0 Å². The number of benzene rings is 1. The minimum atomic E-state index is -1.04. The van der Waals surface area contributed by atoms with Crippen molar-refractivity contribution in [3.8, 4) is 22.6 Å². The summed E-state index contributed by atoms with van der Waals surface area (Å²) in [5.74, 6) is -0.293. The second-order valence-corrected chi connectivity index (χ2v) is 4.68. The van der Waals surface area contributed by atoms with Crippen LogP contribution in [-0.2, 0) is 0 Å². The zero-order valence-corrected chi connectivity index (χ0v) is 10.8. The van der Waals surface area contributed by atoms with Gasteiger partial charge in [0.1, 0.15) is 5.56 Å². The van der Waals surface area contributed by atoms with Crippen molar-refractivity contribution in [1.82, 2.24) is 9.61 Å². The second-order valence-electron chi connectivity index (χ2n) is 4.68. The number of carbonyl (C=O) groups is 1. The molecule has 0 atom stereocenters. The first-order chi connectivity index (χ1) is 10.2. The number of nitrogens with zero attached hydrogens (tertiary/aromatic N) is 2. The van der Waals surface area contributed by atoms with Gasteiger partial charge in [0, 0.05) is 12.4 Å². The van der Waals surface area contributed by atoms with E-state index in [-0.39, 0.29) is 18.1 Å². The Labute approximate surface area is 119 Å². The normalized spacial score (nSPS) is 12.8. The highest BCUT2D eigenvalue weighted by Crippen LogP contribution is 2.39. The maximum absolute atomic E-state index is 11.4. The third-order valence-electron chi connectivity index (χ3n) is 3.44. The molecule has 0 amide bonds. The molecular weight excluding hydrogens is 272 g/mol. The Morgan fingerprint density at radius 1 is 1.19 bits per heavy atom. The summed E-state index contributed by atoms with van der Waals surface area (Å²) in [6.45, 7) is 0.0424. The van der Waals surface area contributed by atoms with E-state index in [9.17, 15) is 9.90 Å². The number of pyridine rings is 1. The summed E-state index contributed by atoms with van der Waals surface area (Å²) in [6, 6.07) is 9.09. The molecule has 0 spiro atoms. The highest BCUT2D eigenvalue weighted by Gasteiger charge is 2.23. The quantitative estimate of drug-likeness (QED) is 0.781. The first-order valence-corrected chi connectivity index (χ1v) is 6.33. The van der Waals surface area contributed by atoms with Crippen molar-refractivity contribution >= 4 is 11.5 Å². The van der Waals surface area contributed by atoms with Gasteiger partial charge in [0.05, 0.1) is 5.52 Å². The molecule has 0 saturated carbocycles. The van der Waals surface area contributed by atoms with Gasteiger partial charge in [0.2, 0.25) is 6.79 Å². The number of ether oxygens (including phenoxy) is 2. The van der Waals surface area contributed by atoms with E-state index in [1.165, 1.54) is 0 Å². The summed E-state index contributed by atoms with van der Waals surface area (Å²) in [7, 11) is 0. The predicted molar refractivity (Wildman–Crippen MR) is 73.7 cm³/mol. The third-order valence-corrected chi connectivity index (χ3v) is 3.44. The Hall–Kier alpha value is -3.02. The molecule has 0 aliphatic carbocycles. The second kappa shape index (κ2) is 4.24. The third kappa shape index (κ3) is 1.80. The van der Waals surface area contributed by atoms with Crippen molar-refractivity contribution in [3.05, 3.63) is 48.3 Å². The number of carboxylic acid groups (broad SMARTS) is 1. The van der Waals surface area contributed by atoms with Crippen LogP contribution in [0.4, 0.5) is 0 Å². The average molecular weight is 282 g/mol. The molecule has 1 aromatic carbocycles. The van der Waals surface area contributed by atoms with E-state index < -0.39 is 5.97 Å². The van der Waals surface area contributed by atoms with Crippen molar-refractivity contribution in [2.75, 3.05) is 6.79 Å². The highest BCUT2D eigenvalue weighted by molar-refractivity contribution is 5.94. The first-order valence-electron chi connectivity index (χ1n) is 6.33. The van der Waals surface area contributed by atoms with Gasteiger partial charge < -0.3 is 14.6 Å². The molecule has 2 aromatic heterocycles. The van der Waals surface area contributed by atoms with E-state index in [0.29, 0.717) is 5.75 Å². The van der Waals surface area contributed by atoms with Gasteiger partial charge in [0.25, 0.3) is 0 Å². The lowest BCUT2D eigenvalue weighted by Crippen LogP contribution is -2.00. The highest BCUT2D eigenvalue weighted by atomic mass is 16.7. The maximum Gasteiger partial charge on any atom is 0.339 e. The number of rotatable bonds is 2. The van der Waals surface area contributed by atoms with E-state index in [2.05, 4.69) is 5.10 Å². The van der Waals surface area contributed by atoms with Crippen LogP contribution in [0.5, 0.6) is 11.5 Å². The fraction of sp³-hybridized carbons (Fsp3) is 0.0667. The number of aromatic nitrogens is 2. The molecule has 1 aliphatic rings. The summed E-state index contributed by atoms with van der Waals surface area (Å²) in [5, 5.41) is 13.4. The van der Waals surface area contributed by atoms with E-state index >= 15 is 0 Å². The molecule has 4 rings (SSSR count). The van der Waals surface area contributed by atoms with Gasteiger partial charge in [-0.1, -0.05) is 0 Å². The maximum atomic E-state index is 11.4. The standard InChI is InChI=1S/C15H10N2O4/c18-15(19)12-6-10(7-13-14(12)21-8-20-13)9-2-4-17-11(5-9)1-3-16-17/h1-7H,8H2,(H,18,19). The first kappa shape index (κ1) is 11.8. The van der Waals surface area contributed by atoms with Gasteiger partial charge >= 0.3 is 5.97 Å². The summed E-state index contributed by atoms with van der Waals surface area (Å²) in [6.07, 6.45) is 3.54. The van der Waals surface area contributed by atoms with Crippen molar-refractivity contribution in [3.63, 3.8) is 0 Å². The van der Waals surface area contributed by atoms with Gasteiger partial charge in [-0.25, -0.2) is 9.31 Å². The molecule has 1 N–H and O–H groups in total. The number of aromatic carboxylic acids is 1. The molecule has 0 unspecified atom stereocenters. The van der Waals surface area contributed by atoms with Crippen LogP contribution in [0.3, 0.4) is 0 Å². The molecule has 21 heavy (non-hydrogen) atoms. The lowest BCUT2D eigenvalue weighted by Gasteiger charge is -2.07. The lowest BCUT2D eigenvalue weighted by atomic mass is 10.0. The molecule has 3 heterocycles. The van der Waals surface area contributed by atoms with Crippen molar-refractivity contribution in [2.45, 2.75) is 0 Å². The monoisotopic (exact) mass is 282 g/mol. The van der Waals surface area contributed by atoms with Crippen molar-refractivity contribution in [1.29, 1.82) is 0 Å². The minimum absolute atomic E-state index is 0.0424. The molecule has 104 valence electrons. The fourth-order valence-corrected chi connectivity index (χ4v) is 2.44. The van der Waals surface area contributed by atoms with E-state index in [1.54, 1.807) is 22.8 Å². The SMILES string of the molecule is O=C(O)c1cc(-c2ccn3nccc3c2)cc2c1OCO2. The van der Waals surface area contributed by atoms with Crippen LogP contribution in [-0.4, -0.2) is 27.5 Å². The Kier molecular flexibility index (Phi) is 2.38. The average Bonchev–Trinajstić information content (AvgIpc) is 3.13. The largest absolute Gasteiger partial charge is 0.478 e. The molecule has 6 nitrogen and oxygen atoms in total. The molecule has 1 aliphatic heterocycles. The molecular formula is C15H10N2O4. The van der Waals surface area contributed by atoms with Gasteiger partial charge in [-0.15, -0.1) is 0 Å². The Balaban J connectivity index is 1.91. The van der Waals surface area contributed by atoms with Crippen LogP contribution in [0.2, 0.25) is 0 Å². The summed E-state index contributed by atoms with van der Waals surface area (Å²) in [5.41, 5.74) is 2.69. The molecule has 3 aromatic rings. The van der Waals surface area contributed by atoms with Crippen LogP contribution >= 0.6 is 0 Å². The van der Waals surface area contributed by atoms with Crippen molar-refractivity contribution in [2.24, 2.45) is 0 Å². The number of hydrogen-bond donors (Lipinski definition) is 1. The number of fused-ring (bicyclic) bond motifs is 2. The summed E-state index contributed by atoms with van der Waals surface area (Å²) in [4.78, 5) is 11.4. The van der Waals surface area contributed by atoms with E-state index in [4.69, 9.17) is 9.47 Å². The number of carboxylic acids is 1. The van der Waals surface area contributed by atoms with E-state index in [1.807, 2.05) is 24.4 Å². The summed E-state index contributed by atoms with van der Waals surface area (Å²) >= 11 is 0. The van der Waals surface area contributed by atoms with Crippen LogP contribution in [0.25, 0.3) is 16.6 Å². The minimum Gasteiger partial charge on any atom is -0.478 e. The molecule has 0 fully saturated rings. The Morgan fingerprint density at radius 3 is 2.95 bits per heavy atom. The van der Waals surface area contributed by atoms with Gasteiger partial charge in [-0.3, -0.25) is 0 Å².